The van der Waals surface area contributed by atoms with Crippen LogP contribution in [0.5, 0.6) is 0 Å². The summed E-state index contributed by atoms with van der Waals surface area (Å²) < 4.78 is 6.19. The molecule has 0 atom stereocenters. The van der Waals surface area contributed by atoms with Gasteiger partial charge in [-0.3, -0.25) is 5.32 Å². The van der Waals surface area contributed by atoms with Crippen LogP contribution in [0, 0.1) is 6.92 Å². The van der Waals surface area contributed by atoms with Crippen LogP contribution in [0.25, 0.3) is 9.53 Å². The fourth-order valence-corrected chi connectivity index (χ4v) is 4.78. The highest BCUT2D eigenvalue weighted by molar-refractivity contribution is 7.39. The molecule has 0 spiro atoms. The Kier molecular flexibility index (Phi) is 3.53. The first-order valence-corrected chi connectivity index (χ1v) is 9.08. The summed E-state index contributed by atoms with van der Waals surface area (Å²) >= 11 is 3.09. The molecule has 0 aliphatic heterocycles. The summed E-state index contributed by atoms with van der Waals surface area (Å²) in [5.74, 6) is 1.07. The largest absolute Gasteiger partial charge is 0.340 e. The molecule has 3 aromatic heterocycles. The molecule has 2 N–H and O–H groups in total. The molecule has 0 unspecified atom stereocenters. The van der Waals surface area contributed by atoms with Crippen LogP contribution in [0.1, 0.15) is 37.4 Å². The molecule has 3 heterocycles. The zero-order valence-electron chi connectivity index (χ0n) is 12.5. The minimum Gasteiger partial charge on any atom is -0.340 e. The first-order chi connectivity index (χ1) is 11.1. The fourth-order valence-electron chi connectivity index (χ4n) is 2.94. The number of thiophene rings is 1. The van der Waals surface area contributed by atoms with Gasteiger partial charge in [-0.25, -0.2) is 9.78 Å². The molecular weight excluding hydrogens is 334 g/mol. The average Bonchev–Trinajstić information content (AvgIpc) is 3.22. The second-order valence-corrected chi connectivity index (χ2v) is 7.79. The number of rotatable bonds is 3. The number of fused-ring (bicyclic) bond motifs is 1. The number of amides is 2. The molecule has 0 radical (unpaired) electrons. The van der Waals surface area contributed by atoms with Crippen molar-refractivity contribution in [3.05, 3.63) is 23.2 Å². The van der Waals surface area contributed by atoms with Gasteiger partial charge < -0.3 is 9.84 Å². The van der Waals surface area contributed by atoms with Crippen molar-refractivity contribution in [2.45, 2.75) is 38.1 Å². The second kappa shape index (κ2) is 5.57. The molecule has 0 saturated heterocycles. The van der Waals surface area contributed by atoms with Crippen LogP contribution in [0.4, 0.5) is 9.93 Å². The van der Waals surface area contributed by atoms with E-state index >= 15 is 0 Å². The molecule has 0 bridgehead atoms. The zero-order chi connectivity index (χ0) is 15.9. The molecule has 1 fully saturated rings. The highest BCUT2D eigenvalue weighted by Crippen LogP contribution is 2.37. The van der Waals surface area contributed by atoms with Crippen LogP contribution in [-0.4, -0.2) is 21.2 Å². The Morgan fingerprint density at radius 1 is 1.35 bits per heavy atom. The molecule has 1 aliphatic rings. The molecule has 7 nitrogen and oxygen atoms in total. The predicted molar refractivity (Wildman–Crippen MR) is 88.8 cm³/mol. The van der Waals surface area contributed by atoms with E-state index in [0.717, 1.165) is 35.2 Å². The number of hydrogen-bond acceptors (Lipinski definition) is 7. The van der Waals surface area contributed by atoms with Gasteiger partial charge in [0.05, 0.1) is 5.52 Å². The smallest absolute Gasteiger partial charge is 0.321 e. The topological polar surface area (TPSA) is 92.9 Å². The lowest BCUT2D eigenvalue weighted by atomic mass is 9.97. The van der Waals surface area contributed by atoms with Gasteiger partial charge in [-0.2, -0.15) is 4.98 Å². The molecule has 9 heteroatoms. The van der Waals surface area contributed by atoms with E-state index in [2.05, 4.69) is 25.8 Å². The Morgan fingerprint density at radius 3 is 2.87 bits per heavy atom. The number of nitrogens with one attached hydrogen (secondary N) is 2. The second-order valence-electron chi connectivity index (χ2n) is 5.62. The summed E-state index contributed by atoms with van der Waals surface area (Å²) in [6.07, 6.45) is 3.68. The number of aromatic nitrogens is 3. The number of urea groups is 1. The Labute approximate surface area is 140 Å². The number of carbonyl (C=O) groups excluding carboxylic acids is 1. The maximum absolute atomic E-state index is 12.4. The number of nitrogens with zero attached hydrogens (tertiary/aromatic N) is 3. The molecule has 4 rings (SSSR count). The number of aryl methyl sites for hydroxylation is 1. The van der Waals surface area contributed by atoms with E-state index < -0.39 is 5.54 Å². The lowest BCUT2D eigenvalue weighted by Gasteiger charge is -2.26. The Morgan fingerprint density at radius 2 is 2.17 bits per heavy atom. The van der Waals surface area contributed by atoms with E-state index in [1.54, 1.807) is 18.3 Å². The monoisotopic (exact) mass is 349 g/mol. The molecule has 1 aliphatic carbocycles. The van der Waals surface area contributed by atoms with Gasteiger partial charge in [0.15, 0.2) is 11.0 Å². The Balaban J connectivity index is 1.52. The number of carbonyl (C=O) groups is 1. The Hall–Kier alpha value is -2.00. The van der Waals surface area contributed by atoms with Crippen LogP contribution in [0.2, 0.25) is 0 Å². The van der Waals surface area contributed by atoms with Gasteiger partial charge >= 0.3 is 6.03 Å². The van der Waals surface area contributed by atoms with E-state index in [1.807, 2.05) is 11.4 Å². The van der Waals surface area contributed by atoms with Crippen LogP contribution in [-0.2, 0) is 5.54 Å². The molecule has 120 valence electrons. The Bertz CT molecular complexity index is 818. The number of hydrogen-bond donors (Lipinski definition) is 2. The molecule has 1 saturated carbocycles. The highest BCUT2D eigenvalue weighted by Gasteiger charge is 2.41. The summed E-state index contributed by atoms with van der Waals surface area (Å²) in [5.41, 5.74) is 0.371. The van der Waals surface area contributed by atoms with Crippen molar-refractivity contribution in [1.29, 1.82) is 0 Å². The number of anilines is 1. The lowest BCUT2D eigenvalue weighted by Crippen LogP contribution is -2.46. The SMILES string of the molecule is Cc1nc(C2(NC(=O)Nc3nc4ccsc4s3)CCCC2)no1. The quantitative estimate of drug-likeness (QED) is 0.753. The predicted octanol–water partition coefficient (Wildman–Crippen LogP) is 3.64. The maximum atomic E-state index is 12.4. The fraction of sp³-hybridized carbons (Fsp3) is 0.429. The van der Waals surface area contributed by atoms with Crippen LogP contribution < -0.4 is 10.6 Å². The third-order valence-corrected chi connectivity index (χ3v) is 6.02. The van der Waals surface area contributed by atoms with Crippen LogP contribution in [0.15, 0.2) is 16.0 Å². The van der Waals surface area contributed by atoms with Gasteiger partial charge in [0.25, 0.3) is 0 Å². The summed E-state index contributed by atoms with van der Waals surface area (Å²) in [5, 5.41) is 12.5. The van der Waals surface area contributed by atoms with Gasteiger partial charge in [-0.05, 0) is 24.3 Å². The van der Waals surface area contributed by atoms with Crippen LogP contribution in [0.3, 0.4) is 0 Å². The first-order valence-electron chi connectivity index (χ1n) is 7.39. The van der Waals surface area contributed by atoms with Crippen molar-refractivity contribution in [2.75, 3.05) is 5.32 Å². The van der Waals surface area contributed by atoms with E-state index in [0.29, 0.717) is 16.8 Å². The van der Waals surface area contributed by atoms with Gasteiger partial charge in [-0.1, -0.05) is 29.3 Å². The van der Waals surface area contributed by atoms with Crippen molar-refractivity contribution >= 4 is 43.4 Å². The van der Waals surface area contributed by atoms with Crippen molar-refractivity contribution in [3.8, 4) is 0 Å². The summed E-state index contributed by atoms with van der Waals surface area (Å²) in [6.45, 7) is 1.75. The van der Waals surface area contributed by atoms with E-state index in [9.17, 15) is 4.79 Å². The van der Waals surface area contributed by atoms with Crippen molar-refractivity contribution < 1.29 is 9.32 Å². The van der Waals surface area contributed by atoms with Crippen molar-refractivity contribution in [1.82, 2.24) is 20.4 Å². The third-order valence-electron chi connectivity index (χ3n) is 4.01. The van der Waals surface area contributed by atoms with E-state index in [1.165, 1.54) is 11.3 Å². The molecular formula is C14H15N5O2S2. The molecule has 3 aromatic rings. The summed E-state index contributed by atoms with van der Waals surface area (Å²) in [6, 6.07) is 1.66. The van der Waals surface area contributed by atoms with Gasteiger partial charge in [0, 0.05) is 6.92 Å². The minimum atomic E-state index is -0.545. The highest BCUT2D eigenvalue weighted by atomic mass is 32.2. The average molecular weight is 349 g/mol. The first kappa shape index (κ1) is 14.6. The maximum Gasteiger partial charge on any atom is 0.321 e. The van der Waals surface area contributed by atoms with Gasteiger partial charge in [-0.15, -0.1) is 11.3 Å². The normalized spacial score (nSPS) is 16.7. The van der Waals surface area contributed by atoms with E-state index in [-0.39, 0.29) is 6.03 Å². The van der Waals surface area contributed by atoms with Crippen molar-refractivity contribution in [3.63, 3.8) is 0 Å². The lowest BCUT2D eigenvalue weighted by molar-refractivity contribution is 0.232. The molecule has 0 aromatic carbocycles. The standard InChI is InChI=1S/C14H15N5O2S2/c1-8-15-11(19-21-8)14(5-2-3-6-14)18-12(20)17-13-16-9-4-7-22-10(9)23-13/h4,7H,2-3,5-6H2,1H3,(H2,16,17,18,20). The third kappa shape index (κ3) is 2.70. The summed E-state index contributed by atoms with van der Waals surface area (Å²) in [7, 11) is 0. The van der Waals surface area contributed by atoms with Gasteiger partial charge in [0.1, 0.15) is 9.55 Å². The van der Waals surface area contributed by atoms with E-state index in [4.69, 9.17) is 4.52 Å². The van der Waals surface area contributed by atoms with Crippen molar-refractivity contribution in [2.24, 2.45) is 0 Å². The van der Waals surface area contributed by atoms with Crippen LogP contribution >= 0.6 is 22.7 Å². The molecule has 23 heavy (non-hydrogen) atoms. The number of thiazole rings is 1. The zero-order valence-corrected chi connectivity index (χ0v) is 14.1. The van der Waals surface area contributed by atoms with Gasteiger partial charge in [0.2, 0.25) is 5.89 Å². The summed E-state index contributed by atoms with van der Waals surface area (Å²) in [4.78, 5) is 21.1. The molecule has 2 amide bonds. The minimum absolute atomic E-state index is 0.282.